The number of amides is 1. The van der Waals surface area contributed by atoms with Crippen molar-refractivity contribution in [2.24, 2.45) is 5.92 Å². The number of hydrogen-bond acceptors (Lipinski definition) is 4. The van der Waals surface area contributed by atoms with Gasteiger partial charge in [-0.15, -0.1) is 0 Å². The number of hydrogen-bond donors (Lipinski definition) is 2. The van der Waals surface area contributed by atoms with Crippen LogP contribution in [0, 0.1) is 5.92 Å². The highest BCUT2D eigenvalue weighted by atomic mass is 16.2. The minimum atomic E-state index is -0.202. The molecule has 1 aliphatic carbocycles. The Labute approximate surface area is 201 Å². The molecule has 0 bridgehead atoms. The molecule has 1 fully saturated rings. The Hall–Kier alpha value is -3.25. The van der Waals surface area contributed by atoms with Crippen molar-refractivity contribution in [3.05, 3.63) is 77.8 Å². The van der Waals surface area contributed by atoms with Gasteiger partial charge in [0.2, 0.25) is 5.91 Å². The van der Waals surface area contributed by atoms with Gasteiger partial charge in [0.25, 0.3) is 0 Å². The molecule has 1 saturated heterocycles. The molecule has 6 nitrogen and oxygen atoms in total. The molecule has 3 atom stereocenters. The second-order valence-corrected chi connectivity index (χ2v) is 9.55. The largest absolute Gasteiger partial charge is 0.352 e. The summed E-state index contributed by atoms with van der Waals surface area (Å²) in [6.45, 7) is 5.19. The fourth-order valence-electron chi connectivity index (χ4n) is 5.31. The van der Waals surface area contributed by atoms with Gasteiger partial charge in [-0.25, -0.2) is 0 Å². The molecule has 2 aliphatic rings. The summed E-state index contributed by atoms with van der Waals surface area (Å²) in [4.78, 5) is 20.1. The molecule has 3 unspecified atom stereocenters. The van der Waals surface area contributed by atoms with E-state index in [4.69, 9.17) is 0 Å². The predicted molar refractivity (Wildman–Crippen MR) is 135 cm³/mol. The van der Waals surface area contributed by atoms with Crippen molar-refractivity contribution in [1.29, 1.82) is 0 Å². The van der Waals surface area contributed by atoms with Gasteiger partial charge in [-0.3, -0.25) is 14.9 Å². The summed E-state index contributed by atoms with van der Waals surface area (Å²) in [5.41, 5.74) is 5.40. The van der Waals surface area contributed by atoms with E-state index in [0.29, 0.717) is 0 Å². The standard InChI is InChI=1S/C28H33N5O/c1-20-24(10-11-25-26(20)27(32-31-25)22-12-15-29-16-13-22)28(34)30-23-9-5-6-17-33(19-23)18-14-21-7-3-2-4-8-21/h2-4,7-8,10-13,15-16,20,23-24H,5-6,9,14,17-19H2,1H3,(H,30,34)(H,31,32). The van der Waals surface area contributed by atoms with Gasteiger partial charge < -0.3 is 10.2 Å². The molecular weight excluding hydrogens is 422 g/mol. The molecule has 0 saturated carbocycles. The molecule has 0 spiro atoms. The first-order valence-corrected chi connectivity index (χ1v) is 12.4. The van der Waals surface area contributed by atoms with Gasteiger partial charge in [-0.2, -0.15) is 5.10 Å². The second kappa shape index (κ2) is 10.3. The highest BCUT2D eigenvalue weighted by Gasteiger charge is 2.33. The number of likely N-dealkylation sites (tertiary alicyclic amines) is 1. The summed E-state index contributed by atoms with van der Waals surface area (Å²) in [6.07, 6.45) is 12.0. The highest BCUT2D eigenvalue weighted by Crippen LogP contribution is 2.39. The van der Waals surface area contributed by atoms with Crippen molar-refractivity contribution < 1.29 is 4.79 Å². The first-order valence-electron chi connectivity index (χ1n) is 12.4. The first-order chi connectivity index (χ1) is 16.7. The summed E-state index contributed by atoms with van der Waals surface area (Å²) >= 11 is 0. The zero-order chi connectivity index (χ0) is 23.3. The summed E-state index contributed by atoms with van der Waals surface area (Å²) in [5, 5.41) is 11.1. The van der Waals surface area contributed by atoms with Gasteiger partial charge in [0.05, 0.1) is 17.3 Å². The molecule has 3 heterocycles. The lowest BCUT2D eigenvalue weighted by Crippen LogP contribution is -2.46. The van der Waals surface area contributed by atoms with Crippen LogP contribution in [-0.2, 0) is 11.2 Å². The highest BCUT2D eigenvalue weighted by molar-refractivity contribution is 5.85. The molecule has 6 heteroatoms. The SMILES string of the molecule is CC1c2c(-c3ccncc3)n[nH]c2C=CC1C(=O)NC1CCCCN(CCc2ccccc2)C1. The molecule has 34 heavy (non-hydrogen) atoms. The van der Waals surface area contributed by atoms with E-state index in [1.54, 1.807) is 12.4 Å². The van der Waals surface area contributed by atoms with Crippen LogP contribution in [0.25, 0.3) is 17.3 Å². The number of nitrogens with zero attached hydrogens (tertiary/aromatic N) is 3. The molecule has 3 aromatic rings. The van der Waals surface area contributed by atoms with Crippen LogP contribution in [0.3, 0.4) is 0 Å². The van der Waals surface area contributed by atoms with Crippen LogP contribution in [0.2, 0.25) is 0 Å². The number of benzene rings is 1. The summed E-state index contributed by atoms with van der Waals surface area (Å²) < 4.78 is 0. The number of rotatable bonds is 6. The lowest BCUT2D eigenvalue weighted by molar-refractivity contribution is -0.125. The number of pyridine rings is 1. The van der Waals surface area contributed by atoms with Gasteiger partial charge >= 0.3 is 0 Å². The van der Waals surface area contributed by atoms with Crippen LogP contribution in [0.15, 0.2) is 60.9 Å². The van der Waals surface area contributed by atoms with Gasteiger partial charge in [-0.05, 0) is 49.6 Å². The van der Waals surface area contributed by atoms with Crippen molar-refractivity contribution in [3.8, 4) is 11.3 Å². The normalized spacial score (nSPS) is 22.7. The van der Waals surface area contributed by atoms with E-state index in [1.165, 1.54) is 12.0 Å². The predicted octanol–water partition coefficient (Wildman–Crippen LogP) is 4.43. The number of nitrogens with one attached hydrogen (secondary N) is 2. The molecule has 2 N–H and O–H groups in total. The van der Waals surface area contributed by atoms with Gasteiger partial charge in [0, 0.05) is 48.6 Å². The summed E-state index contributed by atoms with van der Waals surface area (Å²) in [7, 11) is 0. The van der Waals surface area contributed by atoms with Crippen LogP contribution in [0.4, 0.5) is 0 Å². The Balaban J connectivity index is 1.24. The van der Waals surface area contributed by atoms with Crippen LogP contribution in [0.5, 0.6) is 0 Å². The number of aromatic nitrogens is 3. The van der Waals surface area contributed by atoms with Crippen molar-refractivity contribution >= 4 is 12.0 Å². The lowest BCUT2D eigenvalue weighted by Gasteiger charge is -2.29. The topological polar surface area (TPSA) is 73.9 Å². The smallest absolute Gasteiger partial charge is 0.227 e. The molecule has 1 amide bonds. The van der Waals surface area contributed by atoms with Crippen molar-refractivity contribution in [2.45, 2.75) is 44.6 Å². The Kier molecular flexibility index (Phi) is 6.86. The molecule has 5 rings (SSSR count). The third kappa shape index (κ3) is 4.97. The average Bonchev–Trinajstić information content (AvgIpc) is 3.19. The molecule has 1 aliphatic heterocycles. The molecular formula is C28H33N5O. The van der Waals surface area contributed by atoms with Crippen LogP contribution >= 0.6 is 0 Å². The minimum Gasteiger partial charge on any atom is -0.352 e. The van der Waals surface area contributed by atoms with Gasteiger partial charge in [0.15, 0.2) is 0 Å². The van der Waals surface area contributed by atoms with E-state index in [9.17, 15) is 4.79 Å². The van der Waals surface area contributed by atoms with E-state index >= 15 is 0 Å². The van der Waals surface area contributed by atoms with Crippen molar-refractivity contribution in [1.82, 2.24) is 25.4 Å². The van der Waals surface area contributed by atoms with Crippen molar-refractivity contribution in [2.75, 3.05) is 19.6 Å². The molecule has 1 aromatic carbocycles. The van der Waals surface area contributed by atoms with E-state index in [1.807, 2.05) is 24.3 Å². The minimum absolute atomic E-state index is 0.0434. The monoisotopic (exact) mass is 455 g/mol. The third-order valence-electron chi connectivity index (χ3n) is 7.22. The molecule has 2 aromatic heterocycles. The van der Waals surface area contributed by atoms with Crippen LogP contribution < -0.4 is 5.32 Å². The zero-order valence-corrected chi connectivity index (χ0v) is 19.8. The average molecular weight is 456 g/mol. The van der Waals surface area contributed by atoms with E-state index in [0.717, 1.165) is 61.4 Å². The lowest BCUT2D eigenvalue weighted by atomic mass is 9.80. The number of H-pyrrole nitrogens is 1. The number of fused-ring (bicyclic) bond motifs is 1. The third-order valence-corrected chi connectivity index (χ3v) is 7.22. The van der Waals surface area contributed by atoms with E-state index in [2.05, 4.69) is 62.7 Å². The Morgan fingerprint density at radius 1 is 1.15 bits per heavy atom. The zero-order valence-electron chi connectivity index (χ0n) is 19.8. The Bertz CT molecular complexity index is 1120. The maximum Gasteiger partial charge on any atom is 0.227 e. The fraction of sp³-hybridized carbons (Fsp3) is 0.393. The van der Waals surface area contributed by atoms with Gasteiger partial charge in [0.1, 0.15) is 0 Å². The molecule has 176 valence electrons. The molecule has 0 radical (unpaired) electrons. The van der Waals surface area contributed by atoms with Crippen LogP contribution in [0.1, 0.15) is 48.9 Å². The maximum atomic E-state index is 13.4. The van der Waals surface area contributed by atoms with Crippen LogP contribution in [-0.4, -0.2) is 51.7 Å². The first kappa shape index (κ1) is 22.5. The van der Waals surface area contributed by atoms with E-state index < -0.39 is 0 Å². The quantitative estimate of drug-likeness (QED) is 0.577. The Morgan fingerprint density at radius 3 is 2.79 bits per heavy atom. The van der Waals surface area contributed by atoms with Gasteiger partial charge in [-0.1, -0.05) is 49.8 Å². The summed E-state index contributed by atoms with van der Waals surface area (Å²) in [5.74, 6) is -0.0419. The number of carbonyl (C=O) groups excluding carboxylic acids is 1. The van der Waals surface area contributed by atoms with E-state index in [-0.39, 0.29) is 23.8 Å². The van der Waals surface area contributed by atoms with Crippen molar-refractivity contribution in [3.63, 3.8) is 0 Å². The Morgan fingerprint density at radius 2 is 1.97 bits per heavy atom. The number of carbonyl (C=O) groups is 1. The summed E-state index contributed by atoms with van der Waals surface area (Å²) in [6, 6.07) is 14.8. The second-order valence-electron chi connectivity index (χ2n) is 9.55. The maximum absolute atomic E-state index is 13.4. The number of aromatic amines is 1. The fourth-order valence-corrected chi connectivity index (χ4v) is 5.31.